The van der Waals surface area contributed by atoms with Gasteiger partial charge in [0.1, 0.15) is 0 Å². The monoisotopic (exact) mass is 428 g/mol. The van der Waals surface area contributed by atoms with Crippen molar-refractivity contribution in [1.29, 1.82) is 0 Å². The SMILES string of the molecule is COc1cc(C)c(C(C)NC(=O)CCc2ncc(-c3ccc(Cl)cc3)o2)cc1OC. The Kier molecular flexibility index (Phi) is 7.00. The van der Waals surface area contributed by atoms with E-state index < -0.39 is 0 Å². The minimum Gasteiger partial charge on any atom is -0.493 e. The van der Waals surface area contributed by atoms with Crippen molar-refractivity contribution in [3.63, 3.8) is 0 Å². The molecule has 0 aliphatic rings. The Morgan fingerprint density at radius 1 is 1.17 bits per heavy atom. The second kappa shape index (κ2) is 9.67. The number of amides is 1. The molecule has 1 N–H and O–H groups in total. The Bertz CT molecular complexity index is 1010. The summed E-state index contributed by atoms with van der Waals surface area (Å²) in [5, 5.41) is 3.68. The number of aryl methyl sites for hydroxylation is 2. The fourth-order valence-electron chi connectivity index (χ4n) is 3.25. The van der Waals surface area contributed by atoms with E-state index in [9.17, 15) is 4.79 Å². The maximum Gasteiger partial charge on any atom is 0.220 e. The number of aromatic nitrogens is 1. The van der Waals surface area contributed by atoms with E-state index in [1.54, 1.807) is 32.5 Å². The molecule has 3 rings (SSSR count). The van der Waals surface area contributed by atoms with Gasteiger partial charge in [0.25, 0.3) is 0 Å². The summed E-state index contributed by atoms with van der Waals surface area (Å²) in [5.41, 5.74) is 2.88. The van der Waals surface area contributed by atoms with E-state index in [4.69, 9.17) is 25.5 Å². The molecular weight excluding hydrogens is 404 g/mol. The minimum absolute atomic E-state index is 0.0806. The third kappa shape index (κ3) is 5.13. The van der Waals surface area contributed by atoms with Crippen molar-refractivity contribution in [3.8, 4) is 22.8 Å². The number of hydrogen-bond acceptors (Lipinski definition) is 5. The zero-order valence-corrected chi connectivity index (χ0v) is 18.2. The Morgan fingerprint density at radius 2 is 1.83 bits per heavy atom. The molecule has 0 bridgehead atoms. The number of carbonyl (C=O) groups is 1. The zero-order valence-electron chi connectivity index (χ0n) is 17.5. The number of methoxy groups -OCH3 is 2. The first-order valence-corrected chi connectivity index (χ1v) is 10.0. The fourth-order valence-corrected chi connectivity index (χ4v) is 3.37. The Labute approximate surface area is 181 Å². The normalized spacial score (nSPS) is 11.8. The van der Waals surface area contributed by atoms with Gasteiger partial charge in [-0.2, -0.15) is 0 Å². The van der Waals surface area contributed by atoms with Crippen LogP contribution in [0.5, 0.6) is 11.5 Å². The zero-order chi connectivity index (χ0) is 21.7. The van der Waals surface area contributed by atoms with Gasteiger partial charge in [-0.15, -0.1) is 0 Å². The van der Waals surface area contributed by atoms with Crippen molar-refractivity contribution in [2.24, 2.45) is 0 Å². The number of carbonyl (C=O) groups excluding carboxylic acids is 1. The number of hydrogen-bond donors (Lipinski definition) is 1. The van der Waals surface area contributed by atoms with Crippen LogP contribution in [0.25, 0.3) is 11.3 Å². The molecule has 1 heterocycles. The van der Waals surface area contributed by atoms with Gasteiger partial charge in [-0.1, -0.05) is 11.6 Å². The summed E-state index contributed by atoms with van der Waals surface area (Å²) in [6.45, 7) is 3.92. The first-order chi connectivity index (χ1) is 14.4. The van der Waals surface area contributed by atoms with Crippen molar-refractivity contribution < 1.29 is 18.7 Å². The molecular formula is C23H25ClN2O4. The summed E-state index contributed by atoms with van der Waals surface area (Å²) < 4.78 is 16.5. The molecule has 1 amide bonds. The van der Waals surface area contributed by atoms with E-state index in [2.05, 4.69) is 10.3 Å². The van der Waals surface area contributed by atoms with Crippen LogP contribution in [-0.2, 0) is 11.2 Å². The average molecular weight is 429 g/mol. The van der Waals surface area contributed by atoms with Gasteiger partial charge >= 0.3 is 0 Å². The highest BCUT2D eigenvalue weighted by Gasteiger charge is 2.16. The lowest BCUT2D eigenvalue weighted by molar-refractivity contribution is -0.121. The number of nitrogens with one attached hydrogen (secondary N) is 1. The Balaban J connectivity index is 1.59. The van der Waals surface area contributed by atoms with Crippen LogP contribution in [-0.4, -0.2) is 25.1 Å². The van der Waals surface area contributed by atoms with Gasteiger partial charge in [-0.05, 0) is 61.4 Å². The third-order valence-electron chi connectivity index (χ3n) is 4.86. The minimum atomic E-state index is -0.175. The highest BCUT2D eigenvalue weighted by Crippen LogP contribution is 2.33. The molecule has 7 heteroatoms. The molecule has 0 saturated carbocycles. The maximum absolute atomic E-state index is 12.5. The van der Waals surface area contributed by atoms with Crippen LogP contribution in [0.2, 0.25) is 5.02 Å². The molecule has 0 radical (unpaired) electrons. The maximum atomic E-state index is 12.5. The number of nitrogens with zero attached hydrogens (tertiary/aromatic N) is 1. The predicted octanol–water partition coefficient (Wildman–Crippen LogP) is 5.13. The van der Waals surface area contributed by atoms with Crippen LogP contribution in [0, 0.1) is 6.92 Å². The van der Waals surface area contributed by atoms with Gasteiger partial charge in [0, 0.05) is 23.4 Å². The van der Waals surface area contributed by atoms with E-state index in [1.165, 1.54) is 0 Å². The average Bonchev–Trinajstić information content (AvgIpc) is 3.21. The second-order valence-electron chi connectivity index (χ2n) is 6.98. The summed E-state index contributed by atoms with van der Waals surface area (Å²) in [7, 11) is 3.19. The Hall–Kier alpha value is -2.99. The van der Waals surface area contributed by atoms with Gasteiger partial charge in [0.2, 0.25) is 5.91 Å². The molecule has 1 aromatic heterocycles. The van der Waals surface area contributed by atoms with Crippen LogP contribution >= 0.6 is 11.6 Å². The van der Waals surface area contributed by atoms with Crippen molar-refractivity contribution >= 4 is 17.5 Å². The van der Waals surface area contributed by atoms with Crippen LogP contribution < -0.4 is 14.8 Å². The molecule has 1 unspecified atom stereocenters. The summed E-state index contributed by atoms with van der Waals surface area (Å²) >= 11 is 5.91. The molecule has 0 fully saturated rings. The van der Waals surface area contributed by atoms with Gasteiger partial charge in [-0.3, -0.25) is 4.79 Å². The fraction of sp³-hybridized carbons (Fsp3) is 0.304. The number of benzene rings is 2. The van der Waals surface area contributed by atoms with Crippen molar-refractivity contribution in [2.45, 2.75) is 32.7 Å². The highest BCUT2D eigenvalue weighted by atomic mass is 35.5. The van der Waals surface area contributed by atoms with Gasteiger partial charge < -0.3 is 19.2 Å². The highest BCUT2D eigenvalue weighted by molar-refractivity contribution is 6.30. The van der Waals surface area contributed by atoms with Crippen molar-refractivity contribution in [3.05, 3.63) is 64.6 Å². The molecule has 0 aliphatic heterocycles. The van der Waals surface area contributed by atoms with Crippen LogP contribution in [0.3, 0.4) is 0 Å². The van der Waals surface area contributed by atoms with E-state index >= 15 is 0 Å². The molecule has 1 atom stereocenters. The van der Waals surface area contributed by atoms with Crippen LogP contribution in [0.1, 0.15) is 36.4 Å². The summed E-state index contributed by atoms with van der Waals surface area (Å²) in [5.74, 6) is 2.38. The Morgan fingerprint density at radius 3 is 2.50 bits per heavy atom. The van der Waals surface area contributed by atoms with E-state index in [1.807, 2.05) is 38.1 Å². The number of oxazole rings is 1. The lowest BCUT2D eigenvalue weighted by Crippen LogP contribution is -2.27. The molecule has 0 aliphatic carbocycles. The van der Waals surface area contributed by atoms with E-state index in [-0.39, 0.29) is 18.4 Å². The van der Waals surface area contributed by atoms with Gasteiger partial charge in [-0.25, -0.2) is 4.98 Å². The third-order valence-corrected chi connectivity index (χ3v) is 5.12. The largest absolute Gasteiger partial charge is 0.493 e. The van der Waals surface area contributed by atoms with Crippen molar-refractivity contribution in [2.75, 3.05) is 14.2 Å². The standard InChI is InChI=1S/C23H25ClN2O4/c1-14-11-19(28-3)20(29-4)12-18(14)15(2)26-22(27)9-10-23-25-13-21(30-23)16-5-7-17(24)8-6-16/h5-8,11-13,15H,9-10H2,1-4H3,(H,26,27). The molecule has 0 spiro atoms. The number of ether oxygens (including phenoxy) is 2. The summed E-state index contributed by atoms with van der Waals surface area (Å²) in [6.07, 6.45) is 2.35. The first-order valence-electron chi connectivity index (χ1n) is 9.63. The predicted molar refractivity (Wildman–Crippen MR) is 116 cm³/mol. The van der Waals surface area contributed by atoms with Crippen LogP contribution in [0.4, 0.5) is 0 Å². The number of halogens is 1. The molecule has 158 valence electrons. The molecule has 0 saturated heterocycles. The van der Waals surface area contributed by atoms with Crippen molar-refractivity contribution in [1.82, 2.24) is 10.3 Å². The van der Waals surface area contributed by atoms with E-state index in [0.717, 1.165) is 16.7 Å². The second-order valence-corrected chi connectivity index (χ2v) is 7.41. The quantitative estimate of drug-likeness (QED) is 0.538. The molecule has 30 heavy (non-hydrogen) atoms. The smallest absolute Gasteiger partial charge is 0.220 e. The molecule has 3 aromatic rings. The molecule has 6 nitrogen and oxygen atoms in total. The summed E-state index contributed by atoms with van der Waals surface area (Å²) in [6, 6.07) is 11.0. The topological polar surface area (TPSA) is 73.6 Å². The van der Waals surface area contributed by atoms with Crippen LogP contribution in [0.15, 0.2) is 47.0 Å². The summed E-state index contributed by atoms with van der Waals surface area (Å²) in [4.78, 5) is 16.7. The number of rotatable bonds is 8. The lowest BCUT2D eigenvalue weighted by atomic mass is 10.0. The lowest BCUT2D eigenvalue weighted by Gasteiger charge is -2.19. The van der Waals surface area contributed by atoms with Gasteiger partial charge in [0.05, 0.1) is 26.5 Å². The first kappa shape index (κ1) is 21.7. The molecule has 2 aromatic carbocycles. The van der Waals surface area contributed by atoms with E-state index in [0.29, 0.717) is 34.6 Å². The van der Waals surface area contributed by atoms with Gasteiger partial charge in [0.15, 0.2) is 23.1 Å².